The Bertz CT molecular complexity index is 1810. The van der Waals surface area contributed by atoms with Gasteiger partial charge in [-0.3, -0.25) is 24.9 Å². The lowest BCUT2D eigenvalue weighted by molar-refractivity contribution is -0.138. The number of carboxylic acid groups (broad SMARTS) is 1. The van der Waals surface area contributed by atoms with Gasteiger partial charge in [0.1, 0.15) is 11.2 Å². The zero-order valence-electron chi connectivity index (χ0n) is 27.6. The highest BCUT2D eigenvalue weighted by Crippen LogP contribution is 2.46. The molecule has 2 fully saturated rings. The second-order valence-corrected chi connectivity index (χ2v) is 13.3. The molecule has 260 valence electrons. The number of imidazole rings is 1. The van der Waals surface area contributed by atoms with Gasteiger partial charge < -0.3 is 19.7 Å². The molecule has 0 atom stereocenters. The minimum Gasteiger partial charge on any atom is -0.481 e. The van der Waals surface area contributed by atoms with Gasteiger partial charge in [-0.05, 0) is 62.3 Å². The van der Waals surface area contributed by atoms with E-state index in [4.69, 9.17) is 9.84 Å². The largest absolute Gasteiger partial charge is 0.481 e. The lowest BCUT2D eigenvalue weighted by Crippen LogP contribution is -2.40. The number of aromatic amines is 1. The number of H-pyrrole nitrogens is 1. The minimum absolute atomic E-state index is 0.0420. The van der Waals surface area contributed by atoms with Crippen molar-refractivity contribution in [3.8, 4) is 11.3 Å². The van der Waals surface area contributed by atoms with E-state index in [9.17, 15) is 22.8 Å². The van der Waals surface area contributed by atoms with Gasteiger partial charge in [-0.1, -0.05) is 25.3 Å². The number of aliphatic carboxylic acids is 1. The highest BCUT2D eigenvalue weighted by molar-refractivity contribution is 6.03. The number of aryl methyl sites for hydroxylation is 1. The minimum atomic E-state index is -4.56. The molecule has 4 aromatic heterocycles. The number of nitrogens with one attached hydrogen (secondary N) is 2. The first-order valence-corrected chi connectivity index (χ1v) is 16.6. The summed E-state index contributed by atoms with van der Waals surface area (Å²) < 4.78 is 48.2. The van der Waals surface area contributed by atoms with Crippen LogP contribution >= 0.6 is 0 Å². The van der Waals surface area contributed by atoms with Crippen molar-refractivity contribution >= 4 is 34.7 Å². The molecule has 11 nitrogen and oxygen atoms in total. The first kappa shape index (κ1) is 34.3. The summed E-state index contributed by atoms with van der Waals surface area (Å²) in [5, 5.41) is 11.6. The molecular weight excluding hydrogens is 639 g/mol. The predicted molar refractivity (Wildman–Crippen MR) is 178 cm³/mol. The summed E-state index contributed by atoms with van der Waals surface area (Å²) >= 11 is 0. The quantitative estimate of drug-likeness (QED) is 0.136. The smallest absolute Gasteiger partial charge is 0.418 e. The number of hydrogen-bond acceptors (Lipinski definition) is 8. The van der Waals surface area contributed by atoms with Gasteiger partial charge in [0.05, 0.1) is 29.2 Å². The molecule has 0 radical (unpaired) electrons. The van der Waals surface area contributed by atoms with Crippen LogP contribution < -0.4 is 10.2 Å². The number of carboxylic acids is 1. The number of amides is 1. The van der Waals surface area contributed by atoms with Crippen LogP contribution in [0.3, 0.4) is 0 Å². The van der Waals surface area contributed by atoms with Crippen molar-refractivity contribution in [3.05, 3.63) is 59.2 Å². The first-order valence-electron chi connectivity index (χ1n) is 16.6. The number of carbonyl (C=O) groups excluding carboxylic acids is 1. The number of pyridine rings is 3. The van der Waals surface area contributed by atoms with Crippen LogP contribution in [0.25, 0.3) is 22.4 Å². The molecule has 0 spiro atoms. The number of hydrogen-bond donors (Lipinski definition) is 3. The zero-order valence-corrected chi connectivity index (χ0v) is 27.6. The first-order chi connectivity index (χ1) is 23.4. The summed E-state index contributed by atoms with van der Waals surface area (Å²) in [7, 11) is 3.63. The normalized spacial score (nSPS) is 16.1. The average molecular weight is 680 g/mol. The van der Waals surface area contributed by atoms with E-state index in [0.29, 0.717) is 50.0 Å². The van der Waals surface area contributed by atoms with E-state index in [2.05, 4.69) is 35.1 Å². The number of methoxy groups -OCH3 is 1. The third-order valence-corrected chi connectivity index (χ3v) is 9.42. The molecule has 2 aliphatic rings. The monoisotopic (exact) mass is 679 g/mol. The molecule has 1 amide bonds. The van der Waals surface area contributed by atoms with Crippen LogP contribution in [0.5, 0.6) is 0 Å². The molecular formula is C35H40F3N7O4. The van der Waals surface area contributed by atoms with Crippen molar-refractivity contribution < 1.29 is 32.6 Å². The number of alkyl halides is 3. The number of carbonyl (C=O) groups is 2. The summed E-state index contributed by atoms with van der Waals surface area (Å²) in [6.07, 6.45) is 6.13. The van der Waals surface area contributed by atoms with Crippen molar-refractivity contribution in [1.29, 1.82) is 0 Å². The molecule has 0 aromatic carbocycles. The molecule has 2 aliphatic carbocycles. The van der Waals surface area contributed by atoms with Crippen LogP contribution in [0.4, 0.5) is 24.8 Å². The highest BCUT2D eigenvalue weighted by Gasteiger charge is 2.40. The number of rotatable bonds is 13. The fourth-order valence-electron chi connectivity index (χ4n) is 6.87. The molecule has 14 heteroatoms. The second-order valence-electron chi connectivity index (χ2n) is 13.3. The highest BCUT2D eigenvalue weighted by atomic mass is 19.4. The third kappa shape index (κ3) is 8.01. The molecule has 4 aromatic rings. The Balaban J connectivity index is 1.34. The van der Waals surface area contributed by atoms with Crippen LogP contribution in [-0.4, -0.2) is 69.2 Å². The number of halogens is 3. The Morgan fingerprint density at radius 2 is 1.88 bits per heavy atom. The van der Waals surface area contributed by atoms with E-state index >= 15 is 0 Å². The van der Waals surface area contributed by atoms with Crippen molar-refractivity contribution in [1.82, 2.24) is 24.9 Å². The molecule has 4 heterocycles. The second kappa shape index (κ2) is 14.1. The van der Waals surface area contributed by atoms with Crippen molar-refractivity contribution in [2.24, 2.45) is 5.41 Å². The van der Waals surface area contributed by atoms with Gasteiger partial charge in [-0.25, -0.2) is 4.98 Å². The van der Waals surface area contributed by atoms with Crippen LogP contribution in [0.15, 0.2) is 36.7 Å². The van der Waals surface area contributed by atoms with Gasteiger partial charge in [0.15, 0.2) is 5.65 Å². The lowest BCUT2D eigenvalue weighted by atomic mass is 9.74. The van der Waals surface area contributed by atoms with Crippen LogP contribution in [0.1, 0.15) is 91.0 Å². The molecule has 2 saturated carbocycles. The van der Waals surface area contributed by atoms with Gasteiger partial charge in [0.2, 0.25) is 5.95 Å². The van der Waals surface area contributed by atoms with Gasteiger partial charge in [-0.2, -0.15) is 18.2 Å². The summed E-state index contributed by atoms with van der Waals surface area (Å²) in [5.41, 5.74) is 2.07. The number of anilines is 2. The Morgan fingerprint density at radius 3 is 2.53 bits per heavy atom. The van der Waals surface area contributed by atoms with Crippen molar-refractivity contribution in [3.63, 3.8) is 0 Å². The van der Waals surface area contributed by atoms with Gasteiger partial charge in [0, 0.05) is 56.4 Å². The maximum atomic E-state index is 14.2. The van der Waals surface area contributed by atoms with E-state index in [1.807, 2.05) is 7.05 Å². The Labute approximate surface area is 281 Å². The topological polar surface area (TPSA) is 146 Å². The van der Waals surface area contributed by atoms with E-state index in [1.165, 1.54) is 12.4 Å². The molecule has 0 unspecified atom stereocenters. The van der Waals surface area contributed by atoms with Crippen LogP contribution in [0.2, 0.25) is 0 Å². The van der Waals surface area contributed by atoms with Gasteiger partial charge >= 0.3 is 12.1 Å². The summed E-state index contributed by atoms with van der Waals surface area (Å²) in [4.78, 5) is 46.8. The molecule has 0 bridgehead atoms. The van der Waals surface area contributed by atoms with Crippen molar-refractivity contribution in [2.45, 2.75) is 76.3 Å². The van der Waals surface area contributed by atoms with E-state index < -0.39 is 23.6 Å². The van der Waals surface area contributed by atoms with Crippen LogP contribution in [-0.2, 0) is 22.1 Å². The summed E-state index contributed by atoms with van der Waals surface area (Å²) in [5.74, 6) is -1.48. The number of ether oxygens (including phenoxy) is 1. The average Bonchev–Trinajstić information content (AvgIpc) is 3.83. The molecule has 49 heavy (non-hydrogen) atoms. The lowest BCUT2D eigenvalue weighted by Gasteiger charge is -2.40. The SMILES string of the molecule is COCC1(CN(C)c2cc(-c3cnc(C4CC4)c(C(F)(F)F)c3)nc3nc(NC(=O)c4ccc(CCCC(=O)O)cn4)[nH]c23)CCCCC1. The van der Waals surface area contributed by atoms with E-state index in [1.54, 1.807) is 25.3 Å². The molecule has 6 rings (SSSR count). The van der Waals surface area contributed by atoms with E-state index in [0.717, 1.165) is 43.7 Å². The Hall–Kier alpha value is -4.59. The van der Waals surface area contributed by atoms with Crippen molar-refractivity contribution in [2.75, 3.05) is 37.5 Å². The summed E-state index contributed by atoms with van der Waals surface area (Å²) in [6.45, 7) is 1.21. The molecule has 0 aliphatic heterocycles. The third-order valence-electron chi connectivity index (χ3n) is 9.42. The molecule has 3 N–H and O–H groups in total. The number of nitrogens with zero attached hydrogens (tertiary/aromatic N) is 5. The van der Waals surface area contributed by atoms with Gasteiger partial charge in [0.25, 0.3) is 5.91 Å². The number of fused-ring (bicyclic) bond motifs is 1. The maximum Gasteiger partial charge on any atom is 0.418 e. The Kier molecular flexibility index (Phi) is 9.87. The zero-order chi connectivity index (χ0) is 34.8. The predicted octanol–water partition coefficient (Wildman–Crippen LogP) is 7.00. The van der Waals surface area contributed by atoms with E-state index in [-0.39, 0.29) is 52.0 Å². The van der Waals surface area contributed by atoms with Crippen LogP contribution in [0, 0.1) is 5.41 Å². The molecule has 0 saturated heterocycles. The fraction of sp³-hybridized carbons (Fsp3) is 0.486. The van der Waals surface area contributed by atoms with Gasteiger partial charge in [-0.15, -0.1) is 0 Å². The maximum absolute atomic E-state index is 14.2. The summed E-state index contributed by atoms with van der Waals surface area (Å²) in [6, 6.07) is 6.15. The number of aromatic nitrogens is 5. The standard InChI is InChI=1S/C35H40F3N7O4/c1-45(19-34(20-49-2)13-4-3-5-14-34)27-16-26(23-15-24(35(36,37)38)29(40-18-23)22-10-11-22)41-31-30(27)42-33(43-31)44-32(48)25-12-9-21(17-39-25)7-6-8-28(46)47/h9,12,15-18,22H,3-8,10-11,13-14,19-20H2,1-2H3,(H,46,47)(H2,41,42,43,44,48). The Morgan fingerprint density at radius 1 is 1.10 bits per heavy atom. The fourth-order valence-corrected chi connectivity index (χ4v) is 6.87.